The topological polar surface area (TPSA) is 32.6 Å². The number of hydrogen-bond donors (Lipinski definition) is 1. The van der Waals surface area contributed by atoms with Gasteiger partial charge in [-0.3, -0.25) is 0 Å². The van der Waals surface area contributed by atoms with Crippen LogP contribution in [-0.4, -0.2) is 25.2 Å². The minimum Gasteiger partial charge on any atom is -0.385 e. The van der Waals surface area contributed by atoms with Crippen molar-refractivity contribution in [3.8, 4) is 0 Å². The van der Waals surface area contributed by atoms with Crippen LogP contribution in [0.5, 0.6) is 0 Å². The fraction of sp³-hybridized carbons (Fsp3) is 0.875. The molecule has 1 N–H and O–H groups in total. The molecule has 0 aliphatic rings. The number of rotatable bonds is 3. The van der Waals surface area contributed by atoms with Gasteiger partial charge in [-0.1, -0.05) is 6.92 Å². The van der Waals surface area contributed by atoms with Crippen LogP contribution in [-0.2, 0) is 0 Å². The minimum absolute atomic E-state index is 0.708. The third-order valence-electron chi connectivity index (χ3n) is 1.45. The van der Waals surface area contributed by atoms with Gasteiger partial charge in [-0.25, -0.2) is 0 Å². The summed E-state index contributed by atoms with van der Waals surface area (Å²) in [5, 5.41) is 9.56. The Morgan fingerprint density at radius 2 is 1.91 bits per heavy atom. The Balaban J connectivity index is 4.13. The van der Waals surface area contributed by atoms with Gasteiger partial charge in [-0.15, -0.1) is 0 Å². The summed E-state index contributed by atoms with van der Waals surface area (Å²) in [5.41, 5.74) is -0.708. The van der Waals surface area contributed by atoms with Crippen LogP contribution in [0.15, 0.2) is 4.66 Å². The Labute approximate surface area is 70.4 Å². The first-order chi connectivity index (χ1) is 4.77. The van der Waals surface area contributed by atoms with Crippen molar-refractivity contribution < 1.29 is 5.11 Å². The molecule has 0 aromatic heterocycles. The Kier molecular flexibility index (Phi) is 3.45. The molecule has 0 heterocycles. The molecule has 0 fully saturated rings. The summed E-state index contributed by atoms with van der Waals surface area (Å²) < 4.78 is 4.36. The maximum Gasteiger partial charge on any atom is 0.171 e. The van der Waals surface area contributed by atoms with Gasteiger partial charge in [-0.2, -0.15) is 0 Å². The lowest BCUT2D eigenvalue weighted by atomic mass is 10.1. The standard InChI is InChI=1S/C8H19NOSi/c1-6-8(2,10)7-9-11(3,4)5/h7,10H,6H2,1-5H3. The Morgan fingerprint density at radius 3 is 2.18 bits per heavy atom. The SMILES string of the molecule is CCC(C)(O)C=N[Si](C)(C)C. The monoisotopic (exact) mass is 173 g/mol. The third kappa shape index (κ3) is 6.25. The van der Waals surface area contributed by atoms with E-state index in [2.05, 4.69) is 24.3 Å². The molecule has 2 nitrogen and oxygen atoms in total. The van der Waals surface area contributed by atoms with E-state index in [4.69, 9.17) is 0 Å². The fourth-order valence-corrected chi connectivity index (χ4v) is 1.09. The van der Waals surface area contributed by atoms with Crippen molar-refractivity contribution in [1.29, 1.82) is 0 Å². The van der Waals surface area contributed by atoms with Gasteiger partial charge in [0, 0.05) is 6.21 Å². The zero-order chi connectivity index (χ0) is 9.12. The molecule has 0 radical (unpaired) electrons. The van der Waals surface area contributed by atoms with E-state index >= 15 is 0 Å². The molecule has 0 aromatic carbocycles. The molecule has 1 atom stereocenters. The van der Waals surface area contributed by atoms with Gasteiger partial charge in [0.05, 0.1) is 5.60 Å². The van der Waals surface area contributed by atoms with Gasteiger partial charge in [0.1, 0.15) is 0 Å². The largest absolute Gasteiger partial charge is 0.385 e. The molecular weight excluding hydrogens is 154 g/mol. The van der Waals surface area contributed by atoms with Gasteiger partial charge < -0.3 is 9.76 Å². The Hall–Kier alpha value is -0.153. The van der Waals surface area contributed by atoms with Gasteiger partial charge in [-0.05, 0) is 33.0 Å². The molecule has 0 spiro atoms. The van der Waals surface area contributed by atoms with E-state index in [1.165, 1.54) is 0 Å². The summed E-state index contributed by atoms with van der Waals surface area (Å²) in [5.74, 6) is 0. The van der Waals surface area contributed by atoms with Crippen LogP contribution in [0.1, 0.15) is 20.3 Å². The van der Waals surface area contributed by atoms with Gasteiger partial charge in [0.15, 0.2) is 8.24 Å². The molecule has 11 heavy (non-hydrogen) atoms. The van der Waals surface area contributed by atoms with Crippen LogP contribution in [0.4, 0.5) is 0 Å². The highest BCUT2D eigenvalue weighted by Crippen LogP contribution is 2.08. The highest BCUT2D eigenvalue weighted by atomic mass is 28.3. The molecule has 3 heteroatoms. The van der Waals surface area contributed by atoms with Crippen LogP contribution in [0.2, 0.25) is 19.6 Å². The third-order valence-corrected chi connectivity index (χ3v) is 2.35. The maximum atomic E-state index is 9.56. The molecule has 66 valence electrons. The van der Waals surface area contributed by atoms with E-state index in [-0.39, 0.29) is 0 Å². The zero-order valence-corrected chi connectivity index (χ0v) is 9.18. The van der Waals surface area contributed by atoms with Gasteiger partial charge >= 0.3 is 0 Å². The van der Waals surface area contributed by atoms with Crippen LogP contribution in [0.3, 0.4) is 0 Å². The summed E-state index contributed by atoms with van der Waals surface area (Å²) >= 11 is 0. The van der Waals surface area contributed by atoms with E-state index in [1.807, 2.05) is 6.92 Å². The molecule has 0 aromatic rings. The fourth-order valence-electron chi connectivity index (χ4n) is 0.424. The maximum absolute atomic E-state index is 9.56. The zero-order valence-electron chi connectivity index (χ0n) is 8.18. The van der Waals surface area contributed by atoms with E-state index in [0.29, 0.717) is 0 Å². The number of hydrogen-bond acceptors (Lipinski definition) is 2. The highest BCUT2D eigenvalue weighted by molar-refractivity contribution is 6.75. The second-order valence-corrected chi connectivity index (χ2v) is 8.74. The van der Waals surface area contributed by atoms with Crippen molar-refractivity contribution in [2.45, 2.75) is 45.5 Å². The molecular formula is C8H19NOSi. The van der Waals surface area contributed by atoms with Crippen molar-refractivity contribution in [3.63, 3.8) is 0 Å². The molecule has 0 aliphatic carbocycles. The lowest BCUT2D eigenvalue weighted by Gasteiger charge is -2.17. The van der Waals surface area contributed by atoms with Gasteiger partial charge in [0.2, 0.25) is 0 Å². The quantitative estimate of drug-likeness (QED) is 0.514. The average molecular weight is 173 g/mol. The second-order valence-electron chi connectivity index (χ2n) is 4.14. The summed E-state index contributed by atoms with van der Waals surface area (Å²) in [6, 6.07) is 0. The van der Waals surface area contributed by atoms with Crippen LogP contribution in [0, 0.1) is 0 Å². The molecule has 0 rings (SSSR count). The first-order valence-corrected chi connectivity index (χ1v) is 7.50. The van der Waals surface area contributed by atoms with Gasteiger partial charge in [0.25, 0.3) is 0 Å². The summed E-state index contributed by atoms with van der Waals surface area (Å²) in [6.45, 7) is 10.2. The number of nitrogens with zero attached hydrogens (tertiary/aromatic N) is 1. The predicted molar refractivity (Wildman–Crippen MR) is 52.8 cm³/mol. The smallest absolute Gasteiger partial charge is 0.171 e. The lowest BCUT2D eigenvalue weighted by molar-refractivity contribution is 0.134. The van der Waals surface area contributed by atoms with E-state index < -0.39 is 13.8 Å². The van der Waals surface area contributed by atoms with Crippen molar-refractivity contribution in [2.75, 3.05) is 0 Å². The first-order valence-electron chi connectivity index (χ1n) is 4.05. The Morgan fingerprint density at radius 1 is 1.45 bits per heavy atom. The summed E-state index contributed by atoms with van der Waals surface area (Å²) in [6.07, 6.45) is 2.42. The molecule has 0 aliphatic heterocycles. The average Bonchev–Trinajstić information content (AvgIpc) is 1.83. The first kappa shape index (κ1) is 10.8. The van der Waals surface area contributed by atoms with Crippen molar-refractivity contribution >= 4 is 14.5 Å². The van der Waals surface area contributed by atoms with Crippen molar-refractivity contribution in [3.05, 3.63) is 0 Å². The molecule has 1 unspecified atom stereocenters. The summed E-state index contributed by atoms with van der Waals surface area (Å²) in [4.78, 5) is 0. The van der Waals surface area contributed by atoms with E-state index in [1.54, 1.807) is 13.1 Å². The van der Waals surface area contributed by atoms with Crippen LogP contribution in [0.25, 0.3) is 0 Å². The Bertz CT molecular complexity index is 147. The normalized spacial score (nSPS) is 18.7. The van der Waals surface area contributed by atoms with E-state index in [0.717, 1.165) is 6.42 Å². The molecule has 0 bridgehead atoms. The molecule has 0 amide bonds. The summed E-state index contributed by atoms with van der Waals surface area (Å²) in [7, 11) is -1.37. The number of aliphatic hydroxyl groups is 1. The van der Waals surface area contributed by atoms with E-state index in [9.17, 15) is 5.11 Å². The van der Waals surface area contributed by atoms with Crippen molar-refractivity contribution in [2.24, 2.45) is 4.66 Å². The second kappa shape index (κ2) is 3.50. The molecule has 0 saturated heterocycles. The molecule has 0 saturated carbocycles. The van der Waals surface area contributed by atoms with Crippen molar-refractivity contribution in [1.82, 2.24) is 0 Å². The van der Waals surface area contributed by atoms with Crippen LogP contribution >= 0.6 is 0 Å². The highest BCUT2D eigenvalue weighted by Gasteiger charge is 2.16. The lowest BCUT2D eigenvalue weighted by Crippen LogP contribution is -2.28. The predicted octanol–water partition coefficient (Wildman–Crippen LogP) is 2.05. The minimum atomic E-state index is -1.37. The van der Waals surface area contributed by atoms with Crippen LogP contribution < -0.4 is 0 Å².